The third-order valence-electron chi connectivity index (χ3n) is 31.4. The largest absolute Gasteiger partial charge is 0.456 e. The van der Waals surface area contributed by atoms with E-state index in [-0.39, 0.29) is 0 Å². The first-order valence-electron chi connectivity index (χ1n) is 51.2. The second-order valence-electron chi connectivity index (χ2n) is 39.7. The van der Waals surface area contributed by atoms with Gasteiger partial charge in [0.15, 0.2) is 22.3 Å². The molecule has 2 aliphatic carbocycles. The zero-order valence-electron chi connectivity index (χ0n) is 80.6. The molecule has 0 spiro atoms. The molecule has 0 aliphatic heterocycles. The molecular formula is C136H96N4O6. The van der Waals surface area contributed by atoms with Crippen molar-refractivity contribution in [2.45, 2.75) is 77.0 Å². The number of rotatable bonds is 16. The fourth-order valence-corrected chi connectivity index (χ4v) is 24.6. The van der Waals surface area contributed by atoms with Gasteiger partial charge in [-0.15, -0.1) is 0 Å². The van der Waals surface area contributed by atoms with Crippen LogP contribution >= 0.6 is 0 Å². The maximum Gasteiger partial charge on any atom is 0.159 e. The van der Waals surface area contributed by atoms with Gasteiger partial charge in [0.1, 0.15) is 44.7 Å². The minimum Gasteiger partial charge on any atom is -0.456 e. The van der Waals surface area contributed by atoms with Crippen molar-refractivity contribution in [3.63, 3.8) is 0 Å². The Kier molecular flexibility index (Phi) is 19.9. The lowest BCUT2D eigenvalue weighted by Gasteiger charge is -2.26. The minimum absolute atomic E-state index is 0.547. The number of anilines is 12. The van der Waals surface area contributed by atoms with Crippen molar-refractivity contribution >= 4 is 243 Å². The summed E-state index contributed by atoms with van der Waals surface area (Å²) >= 11 is 0. The molecule has 2 fully saturated rings. The van der Waals surface area contributed by atoms with Gasteiger partial charge in [-0.2, -0.15) is 0 Å². The third kappa shape index (κ3) is 13.7. The summed E-state index contributed by atoms with van der Waals surface area (Å²) in [6, 6.07) is 157. The van der Waals surface area contributed by atoms with Crippen molar-refractivity contribution in [2.75, 3.05) is 19.6 Å². The SMILES string of the molecule is Cc1ccccc1-c1cccc2c1oc1c(N(c3ccccc3)c3ccc4c(ccc5oc6ccc7cc(N(c8ccccc8)c8cccc9c8oc8c(-c%10ccccc%10C)cccc89)ccc7c6c54)c3)cccc12.c1ccc(N(c2ccc3c(ccc4oc5ccc6cc(N(c7ccccc7)c7cccc8c7oc7c(C9CCCC9)cccc78)ccc6c5c43)c2)c2cccc3c2oc2c(C4CCCC4)cccc23)cc1. The van der Waals surface area contributed by atoms with E-state index >= 15 is 0 Å². The van der Waals surface area contributed by atoms with Crippen LogP contribution in [0.5, 0.6) is 0 Å². The number of benzene rings is 22. The number of furan rings is 6. The van der Waals surface area contributed by atoms with E-state index < -0.39 is 0 Å². The average Bonchev–Trinajstić information content (AvgIpc) is 1.53. The number of hydrogen-bond donors (Lipinski definition) is 0. The van der Waals surface area contributed by atoms with Gasteiger partial charge in [0.05, 0.1) is 22.7 Å². The van der Waals surface area contributed by atoms with Crippen LogP contribution in [0, 0.1) is 13.8 Å². The zero-order valence-corrected chi connectivity index (χ0v) is 80.6. The molecule has 10 heteroatoms. The minimum atomic E-state index is 0.547. The van der Waals surface area contributed by atoms with Gasteiger partial charge >= 0.3 is 0 Å². The van der Waals surface area contributed by atoms with Crippen molar-refractivity contribution in [2.24, 2.45) is 0 Å². The number of aryl methyl sites for hydroxylation is 2. The zero-order chi connectivity index (χ0) is 96.3. The van der Waals surface area contributed by atoms with Crippen LogP contribution in [-0.2, 0) is 0 Å². The van der Waals surface area contributed by atoms with E-state index in [0.717, 1.165) is 243 Å². The first-order valence-corrected chi connectivity index (χ1v) is 51.2. The van der Waals surface area contributed by atoms with E-state index in [0.29, 0.717) is 11.8 Å². The standard InChI is InChI=1S/C70H46N2O3.C66H50N2O3/c1-43-17-9-11-23-51(43)55-25-13-27-57-59-29-15-31-61(69(59)74-67(55)57)71(47-19-5-3-6-20-47)49-35-37-53-45(41-49)33-39-63-65(53)66-54-38-36-50(42-46(54)34-40-64(66)73-63)72(48-21-7-4-8-22-48)62-32-16-30-60-58-28-14-26-56(68(58)75-70(60)62)52-24-12-10-18-44(52)2;1-3-19-45(20-4-1)67(57-29-13-27-55-53-25-11-23-51(41-15-7-8-16-41)63(53)70-65(55)57)47-33-35-49-43(39-47)31-37-59-61(49)62-50-36-34-48(40-44(50)32-38-60(62)69-59)68(46-21-5-2-6-22-46)58-30-14-28-56-54-26-12-24-52(42-17-9-10-18-42)64(54)71-66(56)58/h3-42H,1-2H3;1-6,11-14,19-42H,7-10,15-18H2. The summed E-state index contributed by atoms with van der Waals surface area (Å²) in [5.41, 5.74) is 32.8. The van der Waals surface area contributed by atoms with Crippen LogP contribution < -0.4 is 19.6 Å². The van der Waals surface area contributed by atoms with Gasteiger partial charge in [0.2, 0.25) is 0 Å². The number of nitrogens with zero attached hydrogens (tertiary/aromatic N) is 4. The van der Waals surface area contributed by atoms with E-state index in [1.54, 1.807) is 0 Å². The molecule has 28 aromatic rings. The number of hydrogen-bond acceptors (Lipinski definition) is 10. The van der Waals surface area contributed by atoms with E-state index in [1.807, 2.05) is 0 Å². The van der Waals surface area contributed by atoms with E-state index in [4.69, 9.17) is 26.5 Å². The fourth-order valence-electron chi connectivity index (χ4n) is 24.6. The Labute approximate surface area is 841 Å². The second kappa shape index (κ2) is 34.4. The molecule has 0 saturated heterocycles. The van der Waals surface area contributed by atoms with Gasteiger partial charge in [-0.25, -0.2) is 0 Å². The highest BCUT2D eigenvalue weighted by atomic mass is 16.4. The molecular weight excluding hydrogens is 1790 g/mol. The van der Waals surface area contributed by atoms with Crippen LogP contribution in [0.2, 0.25) is 0 Å². The predicted molar refractivity (Wildman–Crippen MR) is 608 cm³/mol. The third-order valence-corrected chi connectivity index (χ3v) is 31.4. The Balaban J connectivity index is 0.000000138. The average molecular weight is 1880 g/mol. The van der Waals surface area contributed by atoms with Crippen LogP contribution in [0.1, 0.15) is 85.5 Å². The second-order valence-corrected chi connectivity index (χ2v) is 39.7. The Morgan fingerprint density at radius 3 is 0.705 bits per heavy atom. The number of para-hydroxylation sites is 12. The van der Waals surface area contributed by atoms with Crippen molar-refractivity contribution in [1.82, 2.24) is 0 Å². The Hall–Kier alpha value is -18.1. The van der Waals surface area contributed by atoms with Gasteiger partial charge in [-0.3, -0.25) is 0 Å². The molecule has 2 aliphatic rings. The normalized spacial score (nSPS) is 13.3. The highest BCUT2D eigenvalue weighted by Crippen LogP contribution is 2.55. The summed E-state index contributed by atoms with van der Waals surface area (Å²) in [5.74, 6) is 1.09. The Morgan fingerprint density at radius 1 is 0.178 bits per heavy atom. The van der Waals surface area contributed by atoms with E-state index in [9.17, 15) is 0 Å². The smallest absolute Gasteiger partial charge is 0.159 e. The lowest BCUT2D eigenvalue weighted by atomic mass is 9.95. The van der Waals surface area contributed by atoms with Crippen molar-refractivity contribution < 1.29 is 26.5 Å². The van der Waals surface area contributed by atoms with Crippen LogP contribution in [0.3, 0.4) is 0 Å². The molecule has 696 valence electrons. The Bertz CT molecular complexity index is 9540. The van der Waals surface area contributed by atoms with Gasteiger partial charge in [0.25, 0.3) is 0 Å². The molecule has 0 amide bonds. The van der Waals surface area contributed by atoms with Crippen LogP contribution in [0.15, 0.2) is 463 Å². The lowest BCUT2D eigenvalue weighted by molar-refractivity contribution is 0.643. The molecule has 6 heterocycles. The van der Waals surface area contributed by atoms with Crippen LogP contribution in [0.4, 0.5) is 68.2 Å². The molecule has 0 atom stereocenters. The molecule has 146 heavy (non-hydrogen) atoms. The fraction of sp³-hybridized carbons (Fsp3) is 0.0882. The maximum absolute atomic E-state index is 7.04. The molecule has 30 rings (SSSR count). The lowest BCUT2D eigenvalue weighted by Crippen LogP contribution is -2.10. The number of fused-ring (bicyclic) bond motifs is 26. The summed E-state index contributed by atoms with van der Waals surface area (Å²) in [5, 5.41) is 22.5. The summed E-state index contributed by atoms with van der Waals surface area (Å²) < 4.78 is 41.6. The predicted octanol–water partition coefficient (Wildman–Crippen LogP) is 40.5. The first kappa shape index (κ1) is 84.7. The van der Waals surface area contributed by atoms with Crippen LogP contribution in [0.25, 0.3) is 197 Å². The molecule has 2 saturated carbocycles. The summed E-state index contributed by atoms with van der Waals surface area (Å²) in [6.07, 6.45) is 10.0. The van der Waals surface area contributed by atoms with E-state index in [2.05, 4.69) is 470 Å². The molecule has 0 radical (unpaired) electrons. The summed E-state index contributed by atoms with van der Waals surface area (Å²) in [7, 11) is 0. The van der Waals surface area contributed by atoms with Gasteiger partial charge in [-0.05, 0) is 273 Å². The molecule has 0 N–H and O–H groups in total. The summed E-state index contributed by atoms with van der Waals surface area (Å²) in [4.78, 5) is 9.35. The maximum atomic E-state index is 7.04. The molecule has 10 nitrogen and oxygen atoms in total. The monoisotopic (exact) mass is 1880 g/mol. The van der Waals surface area contributed by atoms with Gasteiger partial charge in [0, 0.05) is 121 Å². The van der Waals surface area contributed by atoms with Crippen molar-refractivity contribution in [3.8, 4) is 22.3 Å². The highest BCUT2D eigenvalue weighted by Gasteiger charge is 2.32. The highest BCUT2D eigenvalue weighted by molar-refractivity contribution is 6.30. The molecule has 22 aromatic carbocycles. The first-order chi connectivity index (χ1) is 72.2. The van der Waals surface area contributed by atoms with E-state index in [1.165, 1.54) is 95.5 Å². The van der Waals surface area contributed by atoms with Crippen LogP contribution in [-0.4, -0.2) is 0 Å². The summed E-state index contributed by atoms with van der Waals surface area (Å²) in [6.45, 7) is 4.32. The van der Waals surface area contributed by atoms with Gasteiger partial charge < -0.3 is 46.1 Å². The quantitative estimate of drug-likeness (QED) is 0.0931. The Morgan fingerprint density at radius 2 is 0.418 bits per heavy atom. The van der Waals surface area contributed by atoms with Gasteiger partial charge in [-0.1, -0.05) is 317 Å². The molecule has 0 bridgehead atoms. The molecule has 0 unspecified atom stereocenters. The molecule has 6 aromatic heterocycles. The topological polar surface area (TPSA) is 91.8 Å². The van der Waals surface area contributed by atoms with Crippen molar-refractivity contribution in [3.05, 3.63) is 459 Å². The van der Waals surface area contributed by atoms with Crippen molar-refractivity contribution in [1.29, 1.82) is 0 Å².